The van der Waals surface area contributed by atoms with Crippen LogP contribution in [0, 0.1) is 0 Å². The van der Waals surface area contributed by atoms with Crippen molar-refractivity contribution >= 4 is 6.29 Å². The van der Waals surface area contributed by atoms with Gasteiger partial charge < -0.3 is 9.67 Å². The molecule has 12 heavy (non-hydrogen) atoms. The Labute approximate surface area is 69.0 Å². The number of aliphatic hydroxyl groups excluding tert-OH is 1. The van der Waals surface area contributed by atoms with Crippen LogP contribution < -0.4 is 0 Å². The second-order valence-electron chi connectivity index (χ2n) is 2.84. The standard InChI is InChI=1S/C7H9N3O2/c11-4-6-8-9-7-5(12)2-1-3-10(6)7/h4-5,12H,1-3H2. The Morgan fingerprint density at radius 3 is 3.17 bits per heavy atom. The van der Waals surface area contributed by atoms with Crippen molar-refractivity contribution in [3.05, 3.63) is 11.6 Å². The highest BCUT2D eigenvalue weighted by Gasteiger charge is 2.22. The molecule has 1 N–H and O–H groups in total. The van der Waals surface area contributed by atoms with Gasteiger partial charge in [0.2, 0.25) is 0 Å². The van der Waals surface area contributed by atoms with Gasteiger partial charge in [0.05, 0.1) is 0 Å². The minimum absolute atomic E-state index is 0.309. The Kier molecular flexibility index (Phi) is 1.65. The van der Waals surface area contributed by atoms with Gasteiger partial charge in [-0.15, -0.1) is 10.2 Å². The quantitative estimate of drug-likeness (QED) is 0.594. The van der Waals surface area contributed by atoms with Crippen molar-refractivity contribution in [1.29, 1.82) is 0 Å². The first-order chi connectivity index (χ1) is 5.83. The van der Waals surface area contributed by atoms with Crippen molar-refractivity contribution < 1.29 is 9.90 Å². The van der Waals surface area contributed by atoms with E-state index in [9.17, 15) is 9.90 Å². The van der Waals surface area contributed by atoms with E-state index in [1.807, 2.05) is 0 Å². The largest absolute Gasteiger partial charge is 0.385 e. The monoisotopic (exact) mass is 167 g/mol. The predicted molar refractivity (Wildman–Crippen MR) is 39.6 cm³/mol. The Bertz CT molecular complexity index is 308. The Balaban J connectivity index is 2.47. The average molecular weight is 167 g/mol. The number of hydrogen-bond acceptors (Lipinski definition) is 4. The summed E-state index contributed by atoms with van der Waals surface area (Å²) in [4.78, 5) is 10.4. The predicted octanol–water partition coefficient (Wildman–Crippen LogP) is -0.0822. The summed E-state index contributed by atoms with van der Waals surface area (Å²) in [5.41, 5.74) is 0. The van der Waals surface area contributed by atoms with E-state index in [2.05, 4.69) is 10.2 Å². The Morgan fingerprint density at radius 2 is 2.42 bits per heavy atom. The third kappa shape index (κ3) is 0.937. The highest BCUT2D eigenvalue weighted by molar-refractivity contribution is 5.69. The summed E-state index contributed by atoms with van der Waals surface area (Å²) in [6.07, 6.45) is 1.68. The molecule has 0 radical (unpaired) electrons. The van der Waals surface area contributed by atoms with E-state index in [0.717, 1.165) is 13.0 Å². The first-order valence-electron chi connectivity index (χ1n) is 3.89. The maximum absolute atomic E-state index is 10.4. The van der Waals surface area contributed by atoms with Gasteiger partial charge in [-0.1, -0.05) is 0 Å². The number of hydrogen-bond donors (Lipinski definition) is 1. The van der Waals surface area contributed by atoms with Crippen LogP contribution in [0.2, 0.25) is 0 Å². The van der Waals surface area contributed by atoms with Gasteiger partial charge in [-0.3, -0.25) is 4.79 Å². The molecule has 1 aliphatic heterocycles. The molecule has 1 atom stereocenters. The summed E-state index contributed by atoms with van der Waals surface area (Å²) in [5, 5.41) is 16.8. The number of nitrogens with zero attached hydrogens (tertiary/aromatic N) is 3. The van der Waals surface area contributed by atoms with Gasteiger partial charge in [0, 0.05) is 6.54 Å². The zero-order valence-corrected chi connectivity index (χ0v) is 6.47. The third-order valence-corrected chi connectivity index (χ3v) is 2.07. The second kappa shape index (κ2) is 2.67. The molecule has 0 spiro atoms. The number of rotatable bonds is 1. The van der Waals surface area contributed by atoms with Crippen molar-refractivity contribution in [3.8, 4) is 0 Å². The zero-order chi connectivity index (χ0) is 8.55. The Morgan fingerprint density at radius 1 is 1.58 bits per heavy atom. The molecule has 0 saturated carbocycles. The summed E-state index contributed by atoms with van der Waals surface area (Å²) in [6.45, 7) is 0.730. The van der Waals surface area contributed by atoms with E-state index in [4.69, 9.17) is 0 Å². The summed E-state index contributed by atoms with van der Waals surface area (Å²) < 4.78 is 1.67. The molecule has 64 valence electrons. The average Bonchev–Trinajstić information content (AvgIpc) is 2.49. The van der Waals surface area contributed by atoms with Gasteiger partial charge in [-0.25, -0.2) is 0 Å². The van der Waals surface area contributed by atoms with Crippen molar-refractivity contribution in [2.24, 2.45) is 0 Å². The highest BCUT2D eigenvalue weighted by atomic mass is 16.3. The van der Waals surface area contributed by atoms with E-state index in [0.29, 0.717) is 24.4 Å². The molecule has 0 fully saturated rings. The van der Waals surface area contributed by atoms with E-state index in [1.54, 1.807) is 4.57 Å². The number of carbonyl (C=O) groups is 1. The fraction of sp³-hybridized carbons (Fsp3) is 0.571. The van der Waals surface area contributed by atoms with Crippen LogP contribution in [0.15, 0.2) is 0 Å². The molecule has 0 aromatic carbocycles. The molecular weight excluding hydrogens is 158 g/mol. The molecule has 0 aliphatic carbocycles. The summed E-state index contributed by atoms with van der Waals surface area (Å²) in [6, 6.07) is 0. The van der Waals surface area contributed by atoms with Crippen molar-refractivity contribution in [2.45, 2.75) is 25.5 Å². The maximum atomic E-state index is 10.4. The Hall–Kier alpha value is -1.23. The van der Waals surface area contributed by atoms with E-state index >= 15 is 0 Å². The van der Waals surface area contributed by atoms with Gasteiger partial charge in [-0.05, 0) is 12.8 Å². The minimum Gasteiger partial charge on any atom is -0.385 e. The van der Waals surface area contributed by atoms with Crippen LogP contribution in [0.5, 0.6) is 0 Å². The molecule has 1 aromatic rings. The van der Waals surface area contributed by atoms with Crippen molar-refractivity contribution in [2.75, 3.05) is 0 Å². The van der Waals surface area contributed by atoms with Gasteiger partial charge in [-0.2, -0.15) is 0 Å². The van der Waals surface area contributed by atoms with Crippen molar-refractivity contribution in [3.63, 3.8) is 0 Å². The van der Waals surface area contributed by atoms with Crippen LogP contribution >= 0.6 is 0 Å². The van der Waals surface area contributed by atoms with E-state index in [1.165, 1.54) is 0 Å². The lowest BCUT2D eigenvalue weighted by molar-refractivity contribution is 0.110. The number of aliphatic hydroxyl groups is 1. The van der Waals surface area contributed by atoms with Crippen LogP contribution in [0.3, 0.4) is 0 Å². The first-order valence-corrected chi connectivity index (χ1v) is 3.89. The number of aromatic nitrogens is 3. The van der Waals surface area contributed by atoms with Crippen LogP contribution in [0.25, 0.3) is 0 Å². The van der Waals surface area contributed by atoms with Crippen LogP contribution in [-0.2, 0) is 6.54 Å². The van der Waals surface area contributed by atoms with E-state index in [-0.39, 0.29) is 0 Å². The van der Waals surface area contributed by atoms with Crippen molar-refractivity contribution in [1.82, 2.24) is 14.8 Å². The van der Waals surface area contributed by atoms with Crippen LogP contribution in [0.1, 0.15) is 35.4 Å². The highest BCUT2D eigenvalue weighted by Crippen LogP contribution is 2.22. The number of carbonyl (C=O) groups excluding carboxylic acids is 1. The fourth-order valence-electron chi connectivity index (χ4n) is 1.46. The topological polar surface area (TPSA) is 68.0 Å². The lowest BCUT2D eigenvalue weighted by atomic mass is 10.1. The smallest absolute Gasteiger partial charge is 0.196 e. The van der Waals surface area contributed by atoms with Gasteiger partial charge >= 0.3 is 0 Å². The van der Waals surface area contributed by atoms with Crippen LogP contribution in [0.4, 0.5) is 0 Å². The van der Waals surface area contributed by atoms with Gasteiger partial charge in [0.15, 0.2) is 17.9 Å². The normalized spacial score (nSPS) is 21.9. The molecule has 5 nitrogen and oxygen atoms in total. The molecule has 5 heteroatoms. The zero-order valence-electron chi connectivity index (χ0n) is 6.47. The summed E-state index contributed by atoms with van der Waals surface area (Å²) in [7, 11) is 0. The molecule has 1 aliphatic rings. The van der Waals surface area contributed by atoms with Gasteiger partial charge in [0.25, 0.3) is 0 Å². The second-order valence-corrected chi connectivity index (χ2v) is 2.84. The molecule has 0 saturated heterocycles. The summed E-state index contributed by atoms with van der Waals surface area (Å²) >= 11 is 0. The SMILES string of the molecule is O=Cc1nnc2n1CCCC2O. The fourth-order valence-corrected chi connectivity index (χ4v) is 1.46. The van der Waals surface area contributed by atoms with Crippen LogP contribution in [-0.4, -0.2) is 26.2 Å². The van der Waals surface area contributed by atoms with E-state index < -0.39 is 6.10 Å². The molecule has 2 rings (SSSR count). The molecule has 0 amide bonds. The maximum Gasteiger partial charge on any atom is 0.196 e. The lowest BCUT2D eigenvalue weighted by Crippen LogP contribution is -2.17. The molecule has 0 bridgehead atoms. The molecule has 2 heterocycles. The molecule has 1 aromatic heterocycles. The van der Waals surface area contributed by atoms with Gasteiger partial charge in [0.1, 0.15) is 6.10 Å². The summed E-state index contributed by atoms with van der Waals surface area (Å²) in [5.74, 6) is 0.826. The lowest BCUT2D eigenvalue weighted by Gasteiger charge is -2.17. The molecular formula is C7H9N3O2. The molecule has 1 unspecified atom stereocenters. The first kappa shape index (κ1) is 7.42. The number of aldehydes is 1. The minimum atomic E-state index is -0.556. The third-order valence-electron chi connectivity index (χ3n) is 2.07. The number of fused-ring (bicyclic) bond motifs is 1.